The zero-order valence-corrected chi connectivity index (χ0v) is 10.8. The van der Waals surface area contributed by atoms with Gasteiger partial charge in [0.2, 0.25) is 0 Å². The SMILES string of the molecule is CC(C)CC(C)NCCN1CCCNC1=O. The van der Waals surface area contributed by atoms with Crippen LogP contribution in [0.25, 0.3) is 0 Å². The summed E-state index contributed by atoms with van der Waals surface area (Å²) in [6.07, 6.45) is 2.25. The highest BCUT2D eigenvalue weighted by Gasteiger charge is 2.16. The Hall–Kier alpha value is -0.770. The fourth-order valence-electron chi connectivity index (χ4n) is 2.13. The molecule has 1 rings (SSSR count). The van der Waals surface area contributed by atoms with E-state index in [2.05, 4.69) is 31.4 Å². The second-order valence-corrected chi connectivity index (χ2v) is 5.06. The number of rotatable bonds is 6. The minimum absolute atomic E-state index is 0.0876. The third-order valence-electron chi connectivity index (χ3n) is 2.87. The van der Waals surface area contributed by atoms with Gasteiger partial charge in [-0.05, 0) is 25.7 Å². The number of nitrogens with one attached hydrogen (secondary N) is 2. The predicted molar refractivity (Wildman–Crippen MR) is 66.5 cm³/mol. The molecule has 0 radical (unpaired) electrons. The Morgan fingerprint density at radius 3 is 2.81 bits per heavy atom. The quantitative estimate of drug-likeness (QED) is 0.721. The van der Waals surface area contributed by atoms with Gasteiger partial charge >= 0.3 is 6.03 Å². The molecule has 1 saturated heterocycles. The van der Waals surface area contributed by atoms with E-state index in [0.29, 0.717) is 6.04 Å². The summed E-state index contributed by atoms with van der Waals surface area (Å²) < 4.78 is 0. The van der Waals surface area contributed by atoms with Crippen molar-refractivity contribution in [3.8, 4) is 0 Å². The summed E-state index contributed by atoms with van der Waals surface area (Å²) in [5.74, 6) is 0.723. The maximum Gasteiger partial charge on any atom is 0.317 e. The Labute approximate surface area is 98.8 Å². The smallest absolute Gasteiger partial charge is 0.317 e. The van der Waals surface area contributed by atoms with Gasteiger partial charge in [0.25, 0.3) is 0 Å². The molecule has 2 N–H and O–H groups in total. The minimum Gasteiger partial charge on any atom is -0.338 e. The summed E-state index contributed by atoms with van der Waals surface area (Å²) in [5, 5.41) is 6.32. The molecule has 1 heterocycles. The molecule has 1 aliphatic heterocycles. The van der Waals surface area contributed by atoms with E-state index in [-0.39, 0.29) is 6.03 Å². The molecule has 94 valence electrons. The zero-order valence-electron chi connectivity index (χ0n) is 10.8. The van der Waals surface area contributed by atoms with Gasteiger partial charge in [-0.15, -0.1) is 0 Å². The van der Waals surface area contributed by atoms with Crippen LogP contribution < -0.4 is 10.6 Å². The summed E-state index contributed by atoms with van der Waals surface area (Å²) in [6, 6.07) is 0.623. The number of nitrogens with zero attached hydrogens (tertiary/aromatic N) is 1. The highest BCUT2D eigenvalue weighted by Crippen LogP contribution is 2.03. The van der Waals surface area contributed by atoms with E-state index in [1.807, 2.05) is 4.90 Å². The van der Waals surface area contributed by atoms with Gasteiger partial charge in [-0.2, -0.15) is 0 Å². The van der Waals surface area contributed by atoms with Gasteiger partial charge in [-0.3, -0.25) is 0 Å². The summed E-state index contributed by atoms with van der Waals surface area (Å²) in [7, 11) is 0. The predicted octanol–water partition coefficient (Wildman–Crippen LogP) is 1.43. The zero-order chi connectivity index (χ0) is 12.0. The summed E-state index contributed by atoms with van der Waals surface area (Å²) in [6.45, 7) is 10.1. The molecule has 4 heteroatoms. The lowest BCUT2D eigenvalue weighted by atomic mass is 10.1. The molecule has 0 aromatic rings. The number of hydrogen-bond donors (Lipinski definition) is 2. The molecule has 0 bridgehead atoms. The summed E-state index contributed by atoms with van der Waals surface area (Å²) >= 11 is 0. The fraction of sp³-hybridized carbons (Fsp3) is 0.917. The van der Waals surface area contributed by atoms with Gasteiger partial charge in [0.1, 0.15) is 0 Å². The first-order chi connectivity index (χ1) is 7.59. The van der Waals surface area contributed by atoms with E-state index in [1.165, 1.54) is 6.42 Å². The minimum atomic E-state index is 0.0876. The topological polar surface area (TPSA) is 44.4 Å². The monoisotopic (exact) mass is 227 g/mol. The first-order valence-electron chi connectivity index (χ1n) is 6.35. The van der Waals surface area contributed by atoms with E-state index in [0.717, 1.165) is 38.5 Å². The maximum atomic E-state index is 11.4. The molecule has 0 saturated carbocycles. The number of carbonyl (C=O) groups excluding carboxylic acids is 1. The number of amides is 2. The van der Waals surface area contributed by atoms with Gasteiger partial charge in [0.15, 0.2) is 0 Å². The van der Waals surface area contributed by atoms with Crippen LogP contribution in [0.15, 0.2) is 0 Å². The molecule has 0 aromatic heterocycles. The summed E-state index contributed by atoms with van der Waals surface area (Å²) in [5.41, 5.74) is 0. The third kappa shape index (κ3) is 4.84. The fourth-order valence-corrected chi connectivity index (χ4v) is 2.13. The van der Waals surface area contributed by atoms with Crippen LogP contribution in [0, 0.1) is 5.92 Å². The molecule has 1 aliphatic rings. The van der Waals surface area contributed by atoms with E-state index in [4.69, 9.17) is 0 Å². The van der Waals surface area contributed by atoms with Crippen LogP contribution in [0.5, 0.6) is 0 Å². The average molecular weight is 227 g/mol. The molecule has 16 heavy (non-hydrogen) atoms. The van der Waals surface area contributed by atoms with Gasteiger partial charge in [0, 0.05) is 32.2 Å². The van der Waals surface area contributed by atoms with Crippen molar-refractivity contribution in [1.29, 1.82) is 0 Å². The molecular weight excluding hydrogens is 202 g/mol. The number of carbonyl (C=O) groups is 1. The van der Waals surface area contributed by atoms with Crippen LogP contribution in [0.3, 0.4) is 0 Å². The molecule has 2 amide bonds. The summed E-state index contributed by atoms with van der Waals surface area (Å²) in [4.78, 5) is 13.3. The van der Waals surface area contributed by atoms with Crippen molar-refractivity contribution >= 4 is 6.03 Å². The Bertz CT molecular complexity index is 218. The second kappa shape index (κ2) is 6.74. The van der Waals surface area contributed by atoms with Crippen molar-refractivity contribution in [3.63, 3.8) is 0 Å². The van der Waals surface area contributed by atoms with Crippen molar-refractivity contribution in [2.24, 2.45) is 5.92 Å². The number of hydrogen-bond acceptors (Lipinski definition) is 2. The van der Waals surface area contributed by atoms with Gasteiger partial charge in [-0.1, -0.05) is 13.8 Å². The van der Waals surface area contributed by atoms with Gasteiger partial charge < -0.3 is 15.5 Å². The Morgan fingerprint density at radius 1 is 1.44 bits per heavy atom. The lowest BCUT2D eigenvalue weighted by molar-refractivity contribution is 0.185. The van der Waals surface area contributed by atoms with E-state index >= 15 is 0 Å². The molecule has 0 aromatic carbocycles. The largest absolute Gasteiger partial charge is 0.338 e. The normalized spacial score (nSPS) is 18.8. The molecule has 0 aliphatic carbocycles. The van der Waals surface area contributed by atoms with Crippen molar-refractivity contribution in [1.82, 2.24) is 15.5 Å². The lowest BCUT2D eigenvalue weighted by Crippen LogP contribution is -2.49. The van der Waals surface area contributed by atoms with Crippen molar-refractivity contribution < 1.29 is 4.79 Å². The van der Waals surface area contributed by atoms with Crippen LogP contribution in [0.2, 0.25) is 0 Å². The molecule has 0 spiro atoms. The van der Waals surface area contributed by atoms with Gasteiger partial charge in [0.05, 0.1) is 0 Å². The van der Waals surface area contributed by atoms with Crippen molar-refractivity contribution in [2.75, 3.05) is 26.2 Å². The standard InChI is InChI=1S/C12H25N3O/c1-10(2)9-11(3)13-6-8-15-7-4-5-14-12(15)16/h10-11,13H,4-9H2,1-3H3,(H,14,16). The average Bonchev–Trinajstić information content (AvgIpc) is 2.19. The first-order valence-corrected chi connectivity index (χ1v) is 6.35. The first kappa shape index (κ1) is 13.3. The van der Waals surface area contributed by atoms with Gasteiger partial charge in [-0.25, -0.2) is 4.79 Å². The number of urea groups is 1. The molecule has 4 nitrogen and oxygen atoms in total. The molecule has 1 fully saturated rings. The van der Waals surface area contributed by atoms with E-state index in [1.54, 1.807) is 0 Å². The molecule has 1 unspecified atom stereocenters. The van der Waals surface area contributed by atoms with E-state index in [9.17, 15) is 4.79 Å². The Morgan fingerprint density at radius 2 is 2.19 bits per heavy atom. The maximum absolute atomic E-state index is 11.4. The Kier molecular flexibility index (Phi) is 5.60. The second-order valence-electron chi connectivity index (χ2n) is 5.06. The van der Waals surface area contributed by atoms with E-state index < -0.39 is 0 Å². The highest BCUT2D eigenvalue weighted by molar-refractivity contribution is 5.74. The molecule has 1 atom stereocenters. The highest BCUT2D eigenvalue weighted by atomic mass is 16.2. The van der Waals surface area contributed by atoms with Crippen molar-refractivity contribution in [3.05, 3.63) is 0 Å². The van der Waals surface area contributed by atoms with Crippen molar-refractivity contribution in [2.45, 2.75) is 39.7 Å². The van der Waals surface area contributed by atoms with Crippen LogP contribution >= 0.6 is 0 Å². The van der Waals surface area contributed by atoms with Crippen LogP contribution in [0.4, 0.5) is 4.79 Å². The Balaban J connectivity index is 2.12. The van der Waals surface area contributed by atoms with Crippen LogP contribution in [-0.4, -0.2) is 43.2 Å². The lowest BCUT2D eigenvalue weighted by Gasteiger charge is -2.28. The van der Waals surface area contributed by atoms with Crippen LogP contribution in [0.1, 0.15) is 33.6 Å². The molecular formula is C12H25N3O. The third-order valence-corrected chi connectivity index (χ3v) is 2.87. The van der Waals surface area contributed by atoms with Crippen LogP contribution in [-0.2, 0) is 0 Å².